The Morgan fingerprint density at radius 1 is 1.32 bits per heavy atom. The Labute approximate surface area is 130 Å². The molecule has 0 unspecified atom stereocenters. The van der Waals surface area contributed by atoms with Crippen LogP contribution < -0.4 is 10.6 Å². The van der Waals surface area contributed by atoms with Crippen LogP contribution in [0.5, 0.6) is 0 Å². The van der Waals surface area contributed by atoms with E-state index in [1.807, 2.05) is 41.9 Å². The average Bonchev–Trinajstić information content (AvgIpc) is 2.85. The molecule has 1 aromatic carbocycles. The van der Waals surface area contributed by atoms with Crippen molar-refractivity contribution in [3.8, 4) is 5.69 Å². The number of amides is 2. The van der Waals surface area contributed by atoms with E-state index in [1.165, 1.54) is 19.3 Å². The van der Waals surface area contributed by atoms with Gasteiger partial charge in [-0.3, -0.25) is 0 Å². The molecular formula is C17H22N4O. The highest BCUT2D eigenvalue weighted by molar-refractivity contribution is 5.89. The van der Waals surface area contributed by atoms with E-state index in [-0.39, 0.29) is 11.4 Å². The summed E-state index contributed by atoms with van der Waals surface area (Å²) in [5.74, 6) is 0. The van der Waals surface area contributed by atoms with Crippen LogP contribution in [0.25, 0.3) is 5.69 Å². The van der Waals surface area contributed by atoms with E-state index in [0.717, 1.165) is 23.6 Å². The third kappa shape index (κ3) is 2.98. The zero-order chi connectivity index (χ0) is 15.6. The molecule has 1 aromatic heterocycles. The van der Waals surface area contributed by atoms with Crippen LogP contribution in [0.4, 0.5) is 10.5 Å². The zero-order valence-corrected chi connectivity index (χ0v) is 13.1. The molecule has 5 nitrogen and oxygen atoms in total. The van der Waals surface area contributed by atoms with Crippen molar-refractivity contribution in [3.63, 3.8) is 0 Å². The van der Waals surface area contributed by atoms with Gasteiger partial charge in [-0.25, -0.2) is 9.48 Å². The van der Waals surface area contributed by atoms with Crippen LogP contribution in [0.2, 0.25) is 0 Å². The molecule has 2 N–H and O–H groups in total. The highest BCUT2D eigenvalue weighted by Gasteiger charge is 2.31. The number of aromatic nitrogens is 2. The standard InChI is InChI=1S/C17H22N4O/c1-13-15(11-19-21(13)14-7-4-3-5-8-14)20-16(22)18-12-17(2)9-6-10-17/h3-5,7-8,11H,6,9-10,12H2,1-2H3,(H2,18,20,22). The Balaban J connectivity index is 1.63. The minimum atomic E-state index is -0.163. The molecule has 1 fully saturated rings. The number of para-hydroxylation sites is 1. The van der Waals surface area contributed by atoms with Gasteiger partial charge in [-0.05, 0) is 37.3 Å². The van der Waals surface area contributed by atoms with Crippen LogP contribution >= 0.6 is 0 Å². The first-order valence-electron chi connectivity index (χ1n) is 7.72. The minimum Gasteiger partial charge on any atom is -0.337 e. The Kier molecular flexibility index (Phi) is 3.88. The van der Waals surface area contributed by atoms with Crippen LogP contribution in [0, 0.1) is 12.3 Å². The van der Waals surface area contributed by atoms with Crippen LogP contribution in [-0.4, -0.2) is 22.4 Å². The molecule has 0 spiro atoms. The fourth-order valence-electron chi connectivity index (χ4n) is 2.78. The second kappa shape index (κ2) is 5.83. The summed E-state index contributed by atoms with van der Waals surface area (Å²) in [4.78, 5) is 12.0. The summed E-state index contributed by atoms with van der Waals surface area (Å²) in [7, 11) is 0. The molecule has 5 heteroatoms. The second-order valence-corrected chi connectivity index (χ2v) is 6.36. The van der Waals surface area contributed by atoms with Gasteiger partial charge in [0.2, 0.25) is 0 Å². The maximum atomic E-state index is 12.0. The van der Waals surface area contributed by atoms with Crippen molar-refractivity contribution in [1.29, 1.82) is 0 Å². The molecule has 0 saturated heterocycles. The predicted octanol–water partition coefficient (Wildman–Crippen LogP) is 3.49. The molecule has 0 atom stereocenters. The maximum absolute atomic E-state index is 12.0. The predicted molar refractivity (Wildman–Crippen MR) is 87.3 cm³/mol. The van der Waals surface area contributed by atoms with Crippen LogP contribution in [0.3, 0.4) is 0 Å². The molecule has 1 saturated carbocycles. The summed E-state index contributed by atoms with van der Waals surface area (Å²) in [5.41, 5.74) is 2.91. The Bertz CT molecular complexity index is 659. The van der Waals surface area contributed by atoms with Gasteiger partial charge < -0.3 is 10.6 Å². The Morgan fingerprint density at radius 3 is 2.68 bits per heavy atom. The molecule has 116 valence electrons. The number of carbonyl (C=O) groups excluding carboxylic acids is 1. The molecule has 1 aliphatic rings. The number of carbonyl (C=O) groups is 1. The Morgan fingerprint density at radius 2 is 2.05 bits per heavy atom. The van der Waals surface area contributed by atoms with E-state index in [9.17, 15) is 4.79 Å². The number of urea groups is 1. The molecule has 0 bridgehead atoms. The van der Waals surface area contributed by atoms with Crippen molar-refractivity contribution in [1.82, 2.24) is 15.1 Å². The van der Waals surface area contributed by atoms with Crippen molar-refractivity contribution in [2.24, 2.45) is 5.41 Å². The van der Waals surface area contributed by atoms with E-state index < -0.39 is 0 Å². The molecule has 22 heavy (non-hydrogen) atoms. The van der Waals surface area contributed by atoms with Gasteiger partial charge in [0.25, 0.3) is 0 Å². The first kappa shape index (κ1) is 14.6. The number of hydrogen-bond donors (Lipinski definition) is 2. The third-order valence-electron chi connectivity index (χ3n) is 4.50. The summed E-state index contributed by atoms with van der Waals surface area (Å²) in [5, 5.41) is 10.2. The lowest BCUT2D eigenvalue weighted by Crippen LogP contribution is -2.41. The summed E-state index contributed by atoms with van der Waals surface area (Å²) in [6, 6.07) is 9.72. The number of anilines is 1. The number of hydrogen-bond acceptors (Lipinski definition) is 2. The van der Waals surface area contributed by atoms with Gasteiger partial charge >= 0.3 is 6.03 Å². The maximum Gasteiger partial charge on any atom is 0.319 e. The van der Waals surface area contributed by atoms with Crippen molar-refractivity contribution in [3.05, 3.63) is 42.2 Å². The molecule has 2 amide bonds. The fourth-order valence-corrected chi connectivity index (χ4v) is 2.78. The van der Waals surface area contributed by atoms with Crippen molar-refractivity contribution in [2.75, 3.05) is 11.9 Å². The molecule has 1 aliphatic carbocycles. The van der Waals surface area contributed by atoms with E-state index in [4.69, 9.17) is 0 Å². The average molecular weight is 298 g/mol. The largest absolute Gasteiger partial charge is 0.337 e. The quantitative estimate of drug-likeness (QED) is 0.907. The van der Waals surface area contributed by atoms with E-state index >= 15 is 0 Å². The van der Waals surface area contributed by atoms with E-state index in [1.54, 1.807) is 6.20 Å². The van der Waals surface area contributed by atoms with E-state index in [2.05, 4.69) is 22.7 Å². The van der Waals surface area contributed by atoms with Crippen molar-refractivity contribution >= 4 is 11.7 Å². The van der Waals surface area contributed by atoms with Crippen LogP contribution in [-0.2, 0) is 0 Å². The topological polar surface area (TPSA) is 59.0 Å². The van der Waals surface area contributed by atoms with Crippen LogP contribution in [0.1, 0.15) is 31.9 Å². The first-order chi connectivity index (χ1) is 10.6. The number of benzene rings is 1. The van der Waals surface area contributed by atoms with Gasteiger partial charge in [0, 0.05) is 6.54 Å². The SMILES string of the molecule is Cc1c(NC(=O)NCC2(C)CCC2)cnn1-c1ccccc1. The third-order valence-corrected chi connectivity index (χ3v) is 4.50. The van der Waals surface area contributed by atoms with Gasteiger partial charge in [0.15, 0.2) is 0 Å². The lowest BCUT2D eigenvalue weighted by atomic mass is 9.70. The van der Waals surface area contributed by atoms with Crippen molar-refractivity contribution < 1.29 is 4.79 Å². The number of nitrogens with one attached hydrogen (secondary N) is 2. The monoisotopic (exact) mass is 298 g/mol. The summed E-state index contributed by atoms with van der Waals surface area (Å²) < 4.78 is 1.82. The van der Waals surface area contributed by atoms with E-state index in [0.29, 0.717) is 0 Å². The molecule has 2 aromatic rings. The van der Waals surface area contributed by atoms with Crippen molar-refractivity contribution in [2.45, 2.75) is 33.1 Å². The van der Waals surface area contributed by atoms with Gasteiger partial charge in [-0.1, -0.05) is 31.5 Å². The number of rotatable bonds is 4. The van der Waals surface area contributed by atoms with Gasteiger partial charge in [-0.2, -0.15) is 5.10 Å². The summed E-state index contributed by atoms with van der Waals surface area (Å²) in [6.45, 7) is 4.89. The van der Waals surface area contributed by atoms with Gasteiger partial charge in [-0.15, -0.1) is 0 Å². The van der Waals surface area contributed by atoms with Gasteiger partial charge in [0.05, 0.1) is 23.3 Å². The molecular weight excluding hydrogens is 276 g/mol. The highest BCUT2D eigenvalue weighted by atomic mass is 16.2. The molecule has 0 radical (unpaired) electrons. The lowest BCUT2D eigenvalue weighted by molar-refractivity contribution is 0.159. The lowest BCUT2D eigenvalue weighted by Gasteiger charge is -2.38. The normalized spacial score (nSPS) is 15.9. The fraction of sp³-hybridized carbons (Fsp3) is 0.412. The van der Waals surface area contributed by atoms with Crippen LogP contribution in [0.15, 0.2) is 36.5 Å². The van der Waals surface area contributed by atoms with Gasteiger partial charge in [0.1, 0.15) is 0 Å². The second-order valence-electron chi connectivity index (χ2n) is 6.36. The smallest absolute Gasteiger partial charge is 0.319 e. The molecule has 0 aliphatic heterocycles. The zero-order valence-electron chi connectivity index (χ0n) is 13.1. The highest BCUT2D eigenvalue weighted by Crippen LogP contribution is 2.39. The summed E-state index contributed by atoms with van der Waals surface area (Å²) in [6.07, 6.45) is 5.34. The number of nitrogens with zero attached hydrogens (tertiary/aromatic N) is 2. The molecule has 3 rings (SSSR count). The summed E-state index contributed by atoms with van der Waals surface area (Å²) >= 11 is 0. The molecule has 1 heterocycles. The first-order valence-corrected chi connectivity index (χ1v) is 7.72. The minimum absolute atomic E-state index is 0.163. The Hall–Kier alpha value is -2.30.